The van der Waals surface area contributed by atoms with Crippen LogP contribution in [0.3, 0.4) is 0 Å². The number of hydrogen-bond acceptors (Lipinski definition) is 5. The van der Waals surface area contributed by atoms with Crippen LogP contribution in [0.15, 0.2) is 42.5 Å². The molecule has 0 unspecified atom stereocenters. The third-order valence-corrected chi connectivity index (χ3v) is 9.65. The van der Waals surface area contributed by atoms with Crippen LogP contribution in [0.4, 0.5) is 11.4 Å². The summed E-state index contributed by atoms with van der Waals surface area (Å²) in [6.07, 6.45) is 8.96. The number of aryl methyl sites for hydroxylation is 1. The van der Waals surface area contributed by atoms with Gasteiger partial charge >= 0.3 is 5.97 Å². The molecule has 0 aliphatic heterocycles. The highest BCUT2D eigenvalue weighted by Gasteiger charge is 2.51. The first-order valence-electron chi connectivity index (χ1n) is 13.2. The fourth-order valence-corrected chi connectivity index (χ4v) is 8.17. The third kappa shape index (κ3) is 5.26. The fourth-order valence-electron chi connectivity index (χ4n) is 7.31. The first-order chi connectivity index (χ1) is 17.6. The van der Waals surface area contributed by atoms with Crippen molar-refractivity contribution in [2.24, 2.45) is 17.8 Å². The van der Waals surface area contributed by atoms with Crippen molar-refractivity contribution in [3.8, 4) is 0 Å². The lowest BCUT2D eigenvalue weighted by Crippen LogP contribution is -2.48. The molecule has 4 aliphatic rings. The van der Waals surface area contributed by atoms with E-state index in [2.05, 4.69) is 17.4 Å². The monoisotopic (exact) mass is 524 g/mol. The molecule has 0 spiro atoms. The maximum absolute atomic E-state index is 12.9. The average molecular weight is 525 g/mol. The fraction of sp³-hybridized carbons (Fsp3) is 0.517. The smallest absolute Gasteiger partial charge is 0.338 e. The van der Waals surface area contributed by atoms with Gasteiger partial charge in [-0.05, 0) is 117 Å². The van der Waals surface area contributed by atoms with Gasteiger partial charge in [0, 0.05) is 5.69 Å². The van der Waals surface area contributed by atoms with Gasteiger partial charge in [0.15, 0.2) is 0 Å². The Hall–Kier alpha value is -2.87. The highest BCUT2D eigenvalue weighted by Crippen LogP contribution is 2.60. The lowest BCUT2D eigenvalue weighted by molar-refractivity contribution is -0.114. The quantitative estimate of drug-likeness (QED) is 0.488. The molecule has 4 bridgehead atoms. The van der Waals surface area contributed by atoms with Crippen molar-refractivity contribution in [3.05, 3.63) is 59.2 Å². The number of carbonyl (C=O) groups excluding carboxylic acids is 2. The van der Waals surface area contributed by atoms with Gasteiger partial charge < -0.3 is 10.1 Å². The van der Waals surface area contributed by atoms with Crippen LogP contribution in [0, 0.1) is 24.7 Å². The van der Waals surface area contributed by atoms with Gasteiger partial charge in [-0.2, -0.15) is 0 Å². The minimum Gasteiger partial charge on any atom is -0.462 e. The molecular weight excluding hydrogens is 488 g/mol. The van der Waals surface area contributed by atoms with E-state index in [1.165, 1.54) is 44.1 Å². The van der Waals surface area contributed by atoms with E-state index in [4.69, 9.17) is 4.74 Å². The number of rotatable bonds is 8. The number of sulfonamides is 1. The zero-order valence-electron chi connectivity index (χ0n) is 21.8. The zero-order valence-corrected chi connectivity index (χ0v) is 22.6. The number of benzene rings is 2. The molecule has 37 heavy (non-hydrogen) atoms. The summed E-state index contributed by atoms with van der Waals surface area (Å²) < 4.78 is 31.5. The first kappa shape index (κ1) is 25.8. The van der Waals surface area contributed by atoms with E-state index in [0.717, 1.165) is 28.3 Å². The Morgan fingerprint density at radius 1 is 1.00 bits per heavy atom. The van der Waals surface area contributed by atoms with Crippen molar-refractivity contribution in [1.29, 1.82) is 0 Å². The van der Waals surface area contributed by atoms with Gasteiger partial charge in [0.05, 0.1) is 24.1 Å². The van der Waals surface area contributed by atoms with E-state index < -0.39 is 21.9 Å². The summed E-state index contributed by atoms with van der Waals surface area (Å²) in [4.78, 5) is 24.9. The molecule has 8 heteroatoms. The summed E-state index contributed by atoms with van der Waals surface area (Å²) in [6.45, 7) is 3.45. The molecule has 1 amide bonds. The summed E-state index contributed by atoms with van der Waals surface area (Å²) in [5, 5.41) is 2.78. The Balaban J connectivity index is 1.30. The number of hydrogen-bond donors (Lipinski definition) is 1. The third-order valence-electron chi connectivity index (χ3n) is 8.51. The number of esters is 1. The number of amides is 1. The predicted octanol–water partition coefficient (Wildman–Crippen LogP) is 5.04. The highest BCUT2D eigenvalue weighted by molar-refractivity contribution is 7.92. The molecule has 4 fully saturated rings. The van der Waals surface area contributed by atoms with Crippen LogP contribution < -0.4 is 9.62 Å². The van der Waals surface area contributed by atoms with E-state index in [9.17, 15) is 18.0 Å². The number of anilines is 2. The summed E-state index contributed by atoms with van der Waals surface area (Å²) >= 11 is 0. The second kappa shape index (κ2) is 9.78. The van der Waals surface area contributed by atoms with E-state index in [0.29, 0.717) is 22.5 Å². The van der Waals surface area contributed by atoms with Gasteiger partial charge in [0.25, 0.3) is 0 Å². The minimum atomic E-state index is -3.69. The molecule has 2 aromatic carbocycles. The van der Waals surface area contributed by atoms with Crippen LogP contribution in [0.5, 0.6) is 0 Å². The van der Waals surface area contributed by atoms with Crippen LogP contribution in [0.1, 0.15) is 66.9 Å². The van der Waals surface area contributed by atoms with Gasteiger partial charge in [-0.3, -0.25) is 9.10 Å². The summed E-state index contributed by atoms with van der Waals surface area (Å²) in [5.74, 6) is 1.61. The van der Waals surface area contributed by atoms with E-state index in [1.54, 1.807) is 32.0 Å². The van der Waals surface area contributed by atoms with Gasteiger partial charge in [0.1, 0.15) is 6.54 Å². The number of nitrogens with zero attached hydrogens (tertiary/aromatic N) is 1. The van der Waals surface area contributed by atoms with Crippen molar-refractivity contribution >= 4 is 33.3 Å². The Morgan fingerprint density at radius 3 is 2.11 bits per heavy atom. The maximum Gasteiger partial charge on any atom is 0.338 e. The molecule has 7 nitrogen and oxygen atoms in total. The molecular formula is C29H36N2O5S. The van der Waals surface area contributed by atoms with Crippen LogP contribution in [-0.2, 0) is 25.0 Å². The molecule has 0 atom stereocenters. The van der Waals surface area contributed by atoms with Crippen LogP contribution in [0.25, 0.3) is 0 Å². The SMILES string of the molecule is CCOC(=O)c1ccc(NC(=O)CN(c2ccc(C34CC5CC(CC(C5)C3)C4)cc2)S(C)(=O)=O)c(C)c1. The summed E-state index contributed by atoms with van der Waals surface area (Å²) in [7, 11) is -3.69. The largest absolute Gasteiger partial charge is 0.462 e. The van der Waals surface area contributed by atoms with Crippen LogP contribution in [-0.4, -0.2) is 39.7 Å². The normalized spacial score (nSPS) is 26.1. The highest BCUT2D eigenvalue weighted by atomic mass is 32.2. The molecule has 6 rings (SSSR count). The average Bonchev–Trinajstić information content (AvgIpc) is 2.82. The van der Waals surface area contributed by atoms with Gasteiger partial charge in [-0.25, -0.2) is 13.2 Å². The van der Waals surface area contributed by atoms with Gasteiger partial charge in [-0.1, -0.05) is 12.1 Å². The molecule has 4 saturated carbocycles. The molecule has 0 radical (unpaired) electrons. The Labute approximate surface area is 219 Å². The van der Waals surface area contributed by atoms with Crippen molar-refractivity contribution in [2.45, 2.75) is 57.8 Å². The van der Waals surface area contributed by atoms with Gasteiger partial charge in [0.2, 0.25) is 15.9 Å². The Bertz CT molecular complexity index is 1270. The molecule has 4 aliphatic carbocycles. The molecule has 2 aromatic rings. The summed E-state index contributed by atoms with van der Waals surface area (Å²) in [5.41, 5.74) is 3.63. The van der Waals surface area contributed by atoms with Crippen molar-refractivity contribution in [2.75, 3.05) is 29.0 Å². The standard InChI is InChI=1S/C29H36N2O5S/c1-4-36-28(33)23-5-10-26(19(2)11-23)30-27(32)18-31(37(3,34)35)25-8-6-24(7-9-25)29-15-20-12-21(16-29)14-22(13-20)17-29/h5-11,20-22H,4,12-18H2,1-3H3,(H,30,32). The lowest BCUT2D eigenvalue weighted by Gasteiger charge is -2.57. The van der Waals surface area contributed by atoms with Gasteiger partial charge in [-0.15, -0.1) is 0 Å². The number of nitrogens with one attached hydrogen (secondary N) is 1. The van der Waals surface area contributed by atoms with Crippen molar-refractivity contribution in [3.63, 3.8) is 0 Å². The second-order valence-electron chi connectivity index (χ2n) is 11.3. The minimum absolute atomic E-state index is 0.230. The summed E-state index contributed by atoms with van der Waals surface area (Å²) in [6, 6.07) is 12.7. The molecule has 1 N–H and O–H groups in total. The van der Waals surface area contributed by atoms with Crippen molar-refractivity contribution < 1.29 is 22.7 Å². The van der Waals surface area contributed by atoms with Crippen LogP contribution >= 0.6 is 0 Å². The zero-order chi connectivity index (χ0) is 26.4. The molecule has 0 aromatic heterocycles. The molecule has 0 heterocycles. The maximum atomic E-state index is 12.9. The Kier molecular flexibility index (Phi) is 6.81. The molecule has 198 valence electrons. The first-order valence-corrected chi connectivity index (χ1v) is 15.1. The number of carbonyl (C=O) groups is 2. The van der Waals surface area contributed by atoms with Crippen molar-refractivity contribution in [1.82, 2.24) is 0 Å². The van der Waals surface area contributed by atoms with E-state index >= 15 is 0 Å². The second-order valence-corrected chi connectivity index (χ2v) is 13.2. The Morgan fingerprint density at radius 2 is 1.59 bits per heavy atom. The topological polar surface area (TPSA) is 92.8 Å². The van der Waals surface area contributed by atoms with E-state index in [-0.39, 0.29) is 18.6 Å². The molecule has 0 saturated heterocycles. The van der Waals surface area contributed by atoms with E-state index in [1.807, 2.05) is 12.1 Å². The van der Waals surface area contributed by atoms with Crippen LogP contribution in [0.2, 0.25) is 0 Å². The predicted molar refractivity (Wildman–Crippen MR) is 144 cm³/mol. The number of ether oxygens (including phenoxy) is 1. The lowest BCUT2D eigenvalue weighted by atomic mass is 9.48.